The molecule has 0 aromatic heterocycles. The number of carboxylic acid groups (broad SMARTS) is 1. The molecule has 174 valence electrons. The van der Waals surface area contributed by atoms with Crippen LogP contribution in [0.4, 0.5) is 4.79 Å². The van der Waals surface area contributed by atoms with Crippen molar-refractivity contribution in [1.82, 2.24) is 10.6 Å². The molecular formula is C25H28N2O6. The molecule has 2 amide bonds. The summed E-state index contributed by atoms with van der Waals surface area (Å²) in [4.78, 5) is 36.6. The molecule has 4 N–H and O–H groups in total. The van der Waals surface area contributed by atoms with Crippen molar-refractivity contribution in [1.29, 1.82) is 0 Å². The van der Waals surface area contributed by atoms with Crippen molar-refractivity contribution in [2.45, 2.75) is 50.3 Å². The van der Waals surface area contributed by atoms with Crippen molar-refractivity contribution < 1.29 is 29.3 Å². The van der Waals surface area contributed by atoms with Gasteiger partial charge in [0.05, 0.1) is 6.10 Å². The minimum absolute atomic E-state index is 0.106. The van der Waals surface area contributed by atoms with E-state index in [0.29, 0.717) is 12.3 Å². The number of benzene rings is 2. The second kappa shape index (κ2) is 9.62. The number of carboxylic acids is 1. The molecule has 2 aromatic carbocycles. The van der Waals surface area contributed by atoms with Gasteiger partial charge in [-0.2, -0.15) is 0 Å². The standard InChI is InChI=1S/C25H28N2O6/c1-14(28)22(24(30)31)27-23(29)21(12-15-10-11-15)26-25(32)33-13-20-18-8-4-2-6-16(18)17-7-3-5-9-19(17)20/h2-9,14-15,20-22,28H,10-13H2,1H3,(H,26,32)(H,27,29)(H,30,31)/t14-,21+,22+/m1/s1. The first-order valence-electron chi connectivity index (χ1n) is 11.2. The monoisotopic (exact) mass is 452 g/mol. The van der Waals surface area contributed by atoms with Crippen LogP contribution in [0.25, 0.3) is 11.1 Å². The fraction of sp³-hybridized carbons (Fsp3) is 0.400. The summed E-state index contributed by atoms with van der Waals surface area (Å²) in [5, 5.41) is 23.8. The molecule has 8 nitrogen and oxygen atoms in total. The normalized spacial score (nSPS) is 17.3. The Morgan fingerprint density at radius 3 is 2.09 bits per heavy atom. The van der Waals surface area contributed by atoms with Crippen LogP contribution in [0.3, 0.4) is 0 Å². The van der Waals surface area contributed by atoms with Gasteiger partial charge in [-0.1, -0.05) is 61.4 Å². The summed E-state index contributed by atoms with van der Waals surface area (Å²) in [6.45, 7) is 1.40. The Hall–Kier alpha value is -3.39. The quantitative estimate of drug-likeness (QED) is 0.464. The van der Waals surface area contributed by atoms with E-state index in [1.165, 1.54) is 6.92 Å². The van der Waals surface area contributed by atoms with Gasteiger partial charge in [-0.15, -0.1) is 0 Å². The van der Waals surface area contributed by atoms with Gasteiger partial charge in [0.15, 0.2) is 6.04 Å². The molecule has 1 saturated carbocycles. The maximum Gasteiger partial charge on any atom is 0.407 e. The van der Waals surface area contributed by atoms with Gasteiger partial charge in [-0.25, -0.2) is 9.59 Å². The smallest absolute Gasteiger partial charge is 0.407 e. The van der Waals surface area contributed by atoms with Gasteiger partial charge in [0.1, 0.15) is 12.6 Å². The summed E-state index contributed by atoms with van der Waals surface area (Å²) in [6.07, 6.45) is 0.287. The largest absolute Gasteiger partial charge is 0.480 e. The van der Waals surface area contributed by atoms with Crippen molar-refractivity contribution >= 4 is 18.0 Å². The van der Waals surface area contributed by atoms with Crippen molar-refractivity contribution in [3.63, 3.8) is 0 Å². The number of hydrogen-bond acceptors (Lipinski definition) is 5. The molecule has 0 spiro atoms. The minimum Gasteiger partial charge on any atom is -0.480 e. The number of alkyl carbamates (subject to hydrolysis) is 1. The molecule has 1 fully saturated rings. The minimum atomic E-state index is -1.46. The third-order valence-electron chi connectivity index (χ3n) is 6.26. The first kappa shape index (κ1) is 22.8. The van der Waals surface area contributed by atoms with Crippen molar-refractivity contribution in [2.24, 2.45) is 5.92 Å². The van der Waals surface area contributed by atoms with Crippen LogP contribution in [0, 0.1) is 5.92 Å². The van der Waals surface area contributed by atoms with E-state index in [1.807, 2.05) is 48.5 Å². The number of hydrogen-bond donors (Lipinski definition) is 4. The van der Waals surface area contributed by atoms with Crippen LogP contribution in [0.1, 0.15) is 43.2 Å². The summed E-state index contributed by atoms with van der Waals surface area (Å²) in [7, 11) is 0. The van der Waals surface area contributed by atoms with Crippen LogP contribution in [0.2, 0.25) is 0 Å². The van der Waals surface area contributed by atoms with Crippen LogP contribution in [0.15, 0.2) is 48.5 Å². The molecule has 0 aliphatic heterocycles. The SMILES string of the molecule is C[C@@H](O)[C@H](NC(=O)[C@H](CC1CC1)NC(=O)OCC1c2ccccc2-c2ccccc21)C(=O)O. The highest BCUT2D eigenvalue weighted by molar-refractivity contribution is 5.89. The number of fused-ring (bicyclic) bond motifs is 3. The van der Waals surface area contributed by atoms with Gasteiger partial charge >= 0.3 is 12.1 Å². The number of aliphatic hydroxyl groups excluding tert-OH is 1. The molecule has 3 atom stereocenters. The summed E-state index contributed by atoms with van der Waals surface area (Å²) in [6, 6.07) is 13.6. The van der Waals surface area contributed by atoms with Gasteiger partial charge in [-0.05, 0) is 41.5 Å². The summed E-state index contributed by atoms with van der Waals surface area (Å²) >= 11 is 0. The van der Waals surface area contributed by atoms with Crippen LogP contribution < -0.4 is 10.6 Å². The molecule has 33 heavy (non-hydrogen) atoms. The van der Waals surface area contributed by atoms with Crippen LogP contribution in [0.5, 0.6) is 0 Å². The predicted molar refractivity (Wildman–Crippen MR) is 121 cm³/mol. The summed E-state index contributed by atoms with van der Waals surface area (Å²) in [5.74, 6) is -1.80. The molecule has 0 heterocycles. The molecule has 2 aliphatic carbocycles. The molecule has 0 unspecified atom stereocenters. The van der Waals surface area contributed by atoms with E-state index in [2.05, 4.69) is 10.6 Å². The topological polar surface area (TPSA) is 125 Å². The average Bonchev–Trinajstić information content (AvgIpc) is 3.55. The van der Waals surface area contributed by atoms with E-state index >= 15 is 0 Å². The summed E-state index contributed by atoms with van der Waals surface area (Å²) in [5.41, 5.74) is 4.40. The summed E-state index contributed by atoms with van der Waals surface area (Å²) < 4.78 is 5.53. The highest BCUT2D eigenvalue weighted by atomic mass is 16.5. The van der Waals surface area contributed by atoms with E-state index in [-0.39, 0.29) is 12.5 Å². The molecule has 4 rings (SSSR count). The van der Waals surface area contributed by atoms with Crippen LogP contribution >= 0.6 is 0 Å². The average molecular weight is 453 g/mol. The second-order valence-corrected chi connectivity index (χ2v) is 8.77. The molecule has 2 aromatic rings. The highest BCUT2D eigenvalue weighted by Gasteiger charge is 2.35. The molecule has 0 radical (unpaired) electrons. The Labute approximate surface area is 192 Å². The maximum absolute atomic E-state index is 12.7. The zero-order chi connectivity index (χ0) is 23.5. The lowest BCUT2D eigenvalue weighted by Crippen LogP contribution is -2.55. The van der Waals surface area contributed by atoms with Crippen molar-refractivity contribution in [3.8, 4) is 11.1 Å². The predicted octanol–water partition coefficient (Wildman–Crippen LogP) is 2.64. The van der Waals surface area contributed by atoms with E-state index in [4.69, 9.17) is 4.74 Å². The van der Waals surface area contributed by atoms with Gasteiger partial charge in [0.25, 0.3) is 0 Å². The lowest BCUT2D eigenvalue weighted by Gasteiger charge is -2.23. The van der Waals surface area contributed by atoms with E-state index in [0.717, 1.165) is 35.1 Å². The molecule has 8 heteroatoms. The fourth-order valence-electron chi connectivity index (χ4n) is 4.34. The van der Waals surface area contributed by atoms with E-state index < -0.39 is 36.2 Å². The number of amides is 2. The zero-order valence-corrected chi connectivity index (χ0v) is 18.4. The number of nitrogens with one attached hydrogen (secondary N) is 2. The first-order chi connectivity index (χ1) is 15.8. The number of aliphatic carboxylic acids is 1. The Morgan fingerprint density at radius 1 is 1.00 bits per heavy atom. The van der Waals surface area contributed by atoms with E-state index in [1.54, 1.807) is 0 Å². The Kier molecular flexibility index (Phi) is 6.65. The zero-order valence-electron chi connectivity index (χ0n) is 18.4. The van der Waals surface area contributed by atoms with Gasteiger partial charge in [0, 0.05) is 5.92 Å². The van der Waals surface area contributed by atoms with Crippen molar-refractivity contribution in [2.75, 3.05) is 6.61 Å². The third kappa shape index (κ3) is 5.17. The Balaban J connectivity index is 1.41. The van der Waals surface area contributed by atoms with Crippen LogP contribution in [-0.2, 0) is 14.3 Å². The van der Waals surface area contributed by atoms with E-state index in [9.17, 15) is 24.6 Å². The van der Waals surface area contributed by atoms with Crippen molar-refractivity contribution in [3.05, 3.63) is 59.7 Å². The third-order valence-corrected chi connectivity index (χ3v) is 6.26. The number of carbonyl (C=O) groups excluding carboxylic acids is 2. The number of ether oxygens (including phenoxy) is 1. The fourth-order valence-corrected chi connectivity index (χ4v) is 4.34. The maximum atomic E-state index is 12.7. The number of aliphatic hydroxyl groups is 1. The highest BCUT2D eigenvalue weighted by Crippen LogP contribution is 2.44. The van der Waals surface area contributed by atoms with Gasteiger partial charge in [-0.3, -0.25) is 4.79 Å². The van der Waals surface area contributed by atoms with Crippen LogP contribution in [-0.4, -0.2) is 53.0 Å². The molecule has 2 aliphatic rings. The lowest BCUT2D eigenvalue weighted by molar-refractivity contribution is -0.145. The van der Waals surface area contributed by atoms with Gasteiger partial charge < -0.3 is 25.6 Å². The molecule has 0 bridgehead atoms. The number of carbonyl (C=O) groups is 3. The number of rotatable bonds is 9. The first-order valence-corrected chi connectivity index (χ1v) is 11.2. The lowest BCUT2D eigenvalue weighted by atomic mass is 9.98. The molecule has 0 saturated heterocycles. The van der Waals surface area contributed by atoms with Gasteiger partial charge in [0.2, 0.25) is 5.91 Å². The molecular weight excluding hydrogens is 424 g/mol. The second-order valence-electron chi connectivity index (χ2n) is 8.77. The Bertz CT molecular complexity index is 1000. The Morgan fingerprint density at radius 2 is 1.58 bits per heavy atom.